The Bertz CT molecular complexity index is 409. The van der Waals surface area contributed by atoms with E-state index in [2.05, 4.69) is 15.9 Å². The number of hydrogen-bond donors (Lipinski definition) is 0. The molecule has 1 unspecified atom stereocenters. The van der Waals surface area contributed by atoms with Crippen molar-refractivity contribution in [2.24, 2.45) is 0 Å². The average molecular weight is 326 g/mol. The second-order valence-corrected chi connectivity index (χ2v) is 4.95. The predicted molar refractivity (Wildman–Crippen MR) is 69.2 cm³/mol. The summed E-state index contributed by atoms with van der Waals surface area (Å²) in [6, 6.07) is 1.95. The van der Waals surface area contributed by atoms with Gasteiger partial charge in [-0.15, -0.1) is 0 Å². The molecular weight excluding hydrogens is 315 g/mol. The number of methoxy groups -OCH3 is 1. The van der Waals surface area contributed by atoms with E-state index in [9.17, 15) is 0 Å². The van der Waals surface area contributed by atoms with E-state index < -0.39 is 0 Å². The molecule has 1 atom stereocenters. The van der Waals surface area contributed by atoms with Crippen LogP contribution in [0.2, 0.25) is 10.0 Å². The summed E-state index contributed by atoms with van der Waals surface area (Å²) in [7, 11) is 1.59. The van der Waals surface area contributed by atoms with Crippen LogP contribution >= 0.6 is 39.1 Å². The molecule has 0 fully saturated rings. The Balaban J connectivity index is 2.57. The minimum absolute atomic E-state index is 0.0281. The molecule has 88 valence electrons. The lowest BCUT2D eigenvalue weighted by molar-refractivity contribution is 0.0596. The van der Waals surface area contributed by atoms with E-state index in [4.69, 9.17) is 32.7 Å². The highest BCUT2D eigenvalue weighted by Crippen LogP contribution is 2.42. The monoisotopic (exact) mass is 324 g/mol. The van der Waals surface area contributed by atoms with E-state index in [0.717, 1.165) is 17.5 Å². The van der Waals surface area contributed by atoms with E-state index in [1.165, 1.54) is 0 Å². The molecule has 0 saturated carbocycles. The fourth-order valence-electron chi connectivity index (χ4n) is 1.89. The molecule has 0 aromatic heterocycles. The molecule has 0 aliphatic carbocycles. The first kappa shape index (κ1) is 12.5. The minimum Gasteiger partial charge on any atom is -0.495 e. The van der Waals surface area contributed by atoms with E-state index in [1.807, 2.05) is 6.07 Å². The molecule has 0 N–H and O–H groups in total. The Kier molecular flexibility index (Phi) is 4.01. The molecule has 2 rings (SSSR count). The summed E-state index contributed by atoms with van der Waals surface area (Å²) in [5, 5.41) is 1.71. The SMILES string of the molecule is COc1cc2c(c(Cl)c1Cl)C(CBr)OCC2. The standard InChI is InChI=1S/C11H11BrCl2O2/c1-15-7-4-6-2-3-16-8(5-12)9(6)11(14)10(7)13/h4,8H,2-3,5H2,1H3. The molecule has 0 saturated heterocycles. The fourth-order valence-corrected chi connectivity index (χ4v) is 2.97. The van der Waals surface area contributed by atoms with E-state index >= 15 is 0 Å². The van der Waals surface area contributed by atoms with Gasteiger partial charge in [-0.1, -0.05) is 39.1 Å². The van der Waals surface area contributed by atoms with Gasteiger partial charge in [-0.3, -0.25) is 0 Å². The van der Waals surface area contributed by atoms with Gasteiger partial charge in [-0.25, -0.2) is 0 Å². The zero-order valence-electron chi connectivity index (χ0n) is 8.73. The van der Waals surface area contributed by atoms with Crippen molar-refractivity contribution < 1.29 is 9.47 Å². The zero-order valence-corrected chi connectivity index (χ0v) is 11.8. The Morgan fingerprint density at radius 2 is 2.25 bits per heavy atom. The highest BCUT2D eigenvalue weighted by atomic mass is 79.9. The Morgan fingerprint density at radius 1 is 1.50 bits per heavy atom. The zero-order chi connectivity index (χ0) is 11.7. The van der Waals surface area contributed by atoms with Crippen LogP contribution < -0.4 is 4.74 Å². The lowest BCUT2D eigenvalue weighted by Gasteiger charge is -2.26. The quantitative estimate of drug-likeness (QED) is 0.765. The highest BCUT2D eigenvalue weighted by molar-refractivity contribution is 9.09. The highest BCUT2D eigenvalue weighted by Gasteiger charge is 2.26. The summed E-state index contributed by atoms with van der Waals surface area (Å²) >= 11 is 15.8. The lowest BCUT2D eigenvalue weighted by Crippen LogP contribution is -2.18. The molecule has 5 heteroatoms. The van der Waals surface area contributed by atoms with Crippen LogP contribution in [0.3, 0.4) is 0 Å². The second-order valence-electron chi connectivity index (χ2n) is 3.54. The number of rotatable bonds is 2. The first-order valence-electron chi connectivity index (χ1n) is 4.91. The van der Waals surface area contributed by atoms with Gasteiger partial charge in [0.1, 0.15) is 10.8 Å². The number of benzene rings is 1. The van der Waals surface area contributed by atoms with Gasteiger partial charge < -0.3 is 9.47 Å². The summed E-state index contributed by atoms with van der Waals surface area (Å²) in [6.45, 7) is 0.699. The first-order chi connectivity index (χ1) is 7.69. The number of fused-ring (bicyclic) bond motifs is 1. The van der Waals surface area contributed by atoms with Crippen LogP contribution in [-0.4, -0.2) is 19.0 Å². The molecule has 1 aliphatic heterocycles. The van der Waals surface area contributed by atoms with Crippen LogP contribution in [0, 0.1) is 0 Å². The van der Waals surface area contributed by atoms with Crippen molar-refractivity contribution in [3.8, 4) is 5.75 Å². The van der Waals surface area contributed by atoms with Crippen LogP contribution in [0.15, 0.2) is 6.07 Å². The summed E-state index contributed by atoms with van der Waals surface area (Å²) in [5.74, 6) is 0.626. The summed E-state index contributed by atoms with van der Waals surface area (Å²) in [5.41, 5.74) is 2.14. The number of hydrogen-bond acceptors (Lipinski definition) is 2. The van der Waals surface area contributed by atoms with Crippen molar-refractivity contribution in [1.29, 1.82) is 0 Å². The minimum atomic E-state index is -0.0281. The molecule has 16 heavy (non-hydrogen) atoms. The van der Waals surface area contributed by atoms with Crippen LogP contribution in [0.25, 0.3) is 0 Å². The average Bonchev–Trinajstić information content (AvgIpc) is 2.32. The topological polar surface area (TPSA) is 18.5 Å². The number of ether oxygens (including phenoxy) is 2. The summed E-state index contributed by atoms with van der Waals surface area (Å²) < 4.78 is 10.8. The molecular formula is C11H11BrCl2O2. The third-order valence-electron chi connectivity index (χ3n) is 2.67. The molecule has 0 spiro atoms. The van der Waals surface area contributed by atoms with Gasteiger partial charge in [0.15, 0.2) is 0 Å². The maximum atomic E-state index is 6.26. The third kappa shape index (κ3) is 2.06. The smallest absolute Gasteiger partial charge is 0.139 e. The molecule has 1 aromatic carbocycles. The fraction of sp³-hybridized carbons (Fsp3) is 0.455. The van der Waals surface area contributed by atoms with Crippen molar-refractivity contribution in [2.45, 2.75) is 12.5 Å². The van der Waals surface area contributed by atoms with Crippen molar-refractivity contribution in [3.63, 3.8) is 0 Å². The maximum Gasteiger partial charge on any atom is 0.139 e. The van der Waals surface area contributed by atoms with Crippen LogP contribution in [0.5, 0.6) is 5.75 Å². The molecule has 1 aromatic rings. The summed E-state index contributed by atoms with van der Waals surface area (Å²) in [6.07, 6.45) is 0.811. The third-order valence-corrected chi connectivity index (χ3v) is 4.12. The van der Waals surface area contributed by atoms with Gasteiger partial charge in [0.2, 0.25) is 0 Å². The van der Waals surface area contributed by atoms with Gasteiger partial charge in [-0.05, 0) is 18.1 Å². The lowest BCUT2D eigenvalue weighted by atomic mass is 9.98. The number of halogens is 3. The Morgan fingerprint density at radius 3 is 2.88 bits per heavy atom. The molecule has 1 aliphatic rings. The Hall–Kier alpha value is 0.0400. The molecule has 2 nitrogen and oxygen atoms in total. The van der Waals surface area contributed by atoms with Crippen LogP contribution in [0.4, 0.5) is 0 Å². The van der Waals surface area contributed by atoms with E-state index in [0.29, 0.717) is 27.7 Å². The van der Waals surface area contributed by atoms with Gasteiger partial charge in [0, 0.05) is 10.9 Å². The predicted octanol–water partition coefficient (Wildman–Crippen LogP) is 4.01. The van der Waals surface area contributed by atoms with Gasteiger partial charge in [0.05, 0.1) is 24.8 Å². The van der Waals surface area contributed by atoms with Crippen molar-refractivity contribution in [3.05, 3.63) is 27.2 Å². The molecule has 0 bridgehead atoms. The molecule has 1 heterocycles. The van der Waals surface area contributed by atoms with Crippen molar-refractivity contribution in [1.82, 2.24) is 0 Å². The van der Waals surface area contributed by atoms with Gasteiger partial charge >= 0.3 is 0 Å². The molecule has 0 amide bonds. The van der Waals surface area contributed by atoms with E-state index in [-0.39, 0.29) is 6.10 Å². The van der Waals surface area contributed by atoms with Crippen molar-refractivity contribution >= 4 is 39.1 Å². The van der Waals surface area contributed by atoms with Crippen molar-refractivity contribution in [2.75, 3.05) is 19.0 Å². The first-order valence-corrected chi connectivity index (χ1v) is 6.79. The van der Waals surface area contributed by atoms with Gasteiger partial charge in [0.25, 0.3) is 0 Å². The molecule has 0 radical (unpaired) electrons. The van der Waals surface area contributed by atoms with E-state index in [1.54, 1.807) is 7.11 Å². The second kappa shape index (κ2) is 5.13. The maximum absolute atomic E-state index is 6.26. The summed E-state index contributed by atoms with van der Waals surface area (Å²) in [4.78, 5) is 0. The normalized spacial score (nSPS) is 19.4. The van der Waals surface area contributed by atoms with Crippen LogP contribution in [-0.2, 0) is 11.2 Å². The Labute approximate surface area is 113 Å². The van der Waals surface area contributed by atoms with Crippen LogP contribution in [0.1, 0.15) is 17.2 Å². The van der Waals surface area contributed by atoms with Gasteiger partial charge in [-0.2, -0.15) is 0 Å². The number of alkyl halides is 1. The largest absolute Gasteiger partial charge is 0.495 e.